The third-order valence-electron chi connectivity index (χ3n) is 14.4. The number of benzene rings is 3. The Hall–Kier alpha value is -4.90. The first-order valence-electron chi connectivity index (χ1n) is 20.1. The summed E-state index contributed by atoms with van der Waals surface area (Å²) in [7, 11) is 0. The maximum Gasteiger partial charge on any atom is 0.408 e. The highest BCUT2D eigenvalue weighted by Gasteiger charge is 2.58. The van der Waals surface area contributed by atoms with Crippen LogP contribution in [0.25, 0.3) is 0 Å². The summed E-state index contributed by atoms with van der Waals surface area (Å²) < 4.78 is 5.25. The lowest BCUT2D eigenvalue weighted by Crippen LogP contribution is -2.60. The Bertz CT molecular complexity index is 2030. The van der Waals surface area contributed by atoms with Crippen molar-refractivity contribution < 1.29 is 34.1 Å². The topological polar surface area (TPSA) is 180 Å². The molecule has 298 valence electrons. The average molecular weight is 765 g/mol. The first-order valence-corrected chi connectivity index (χ1v) is 20.1. The molecule has 4 aliphatic carbocycles. The third-order valence-corrected chi connectivity index (χ3v) is 14.4. The molecule has 7 rings (SSSR count). The van der Waals surface area contributed by atoms with Crippen LogP contribution >= 0.6 is 0 Å². The number of phenols is 1. The van der Waals surface area contributed by atoms with Gasteiger partial charge in [-0.2, -0.15) is 0 Å². The van der Waals surface area contributed by atoms with Gasteiger partial charge in [-0.15, -0.1) is 0 Å². The number of anilines is 2. The predicted molar refractivity (Wildman–Crippen MR) is 214 cm³/mol. The van der Waals surface area contributed by atoms with E-state index in [1.807, 2.05) is 44.2 Å². The van der Waals surface area contributed by atoms with Crippen molar-refractivity contribution in [2.75, 3.05) is 17.7 Å². The number of phenolic OH excluding ortho intramolecular Hbond substituents is 1. The smallest absolute Gasteiger partial charge is 0.408 e. The summed E-state index contributed by atoms with van der Waals surface area (Å²) in [5.74, 6) is -0.777. The maximum atomic E-state index is 14.6. The molecule has 7 atom stereocenters. The number of alkyl carbamates (subject to hydrolysis) is 1. The molecule has 0 bridgehead atoms. The van der Waals surface area contributed by atoms with Gasteiger partial charge in [-0.3, -0.25) is 19.7 Å². The van der Waals surface area contributed by atoms with Crippen molar-refractivity contribution in [3.05, 3.63) is 88.5 Å². The number of aliphatic hydroxyl groups is 1. The zero-order valence-electron chi connectivity index (χ0n) is 33.0. The first-order chi connectivity index (χ1) is 26.6. The zero-order chi connectivity index (χ0) is 40.0. The van der Waals surface area contributed by atoms with Gasteiger partial charge in [-0.05, 0) is 138 Å². The van der Waals surface area contributed by atoms with E-state index in [2.05, 4.69) is 29.8 Å². The third kappa shape index (κ3) is 6.92. The molecule has 1 unspecified atom stereocenters. The van der Waals surface area contributed by atoms with Crippen LogP contribution in [0.4, 0.5) is 16.2 Å². The lowest BCUT2D eigenvalue weighted by Gasteiger charge is -2.56. The van der Waals surface area contributed by atoms with E-state index in [0.717, 1.165) is 73.6 Å². The number of nitrogen functional groups attached to an aromatic ring is 1. The number of imide groups is 1. The highest BCUT2D eigenvalue weighted by molar-refractivity contribution is 6.01. The van der Waals surface area contributed by atoms with Crippen LogP contribution < -0.4 is 21.7 Å². The van der Waals surface area contributed by atoms with Gasteiger partial charge in [0.2, 0.25) is 17.7 Å². The molecule has 3 aromatic carbocycles. The fourth-order valence-electron chi connectivity index (χ4n) is 11.3. The van der Waals surface area contributed by atoms with E-state index in [4.69, 9.17) is 10.5 Å². The minimum atomic E-state index is -1.24. The summed E-state index contributed by atoms with van der Waals surface area (Å²) in [6.07, 6.45) is 7.21. The summed E-state index contributed by atoms with van der Waals surface area (Å²) in [4.78, 5) is 54.8. The second-order valence-electron chi connectivity index (χ2n) is 17.7. The van der Waals surface area contributed by atoms with Crippen LogP contribution in [0.5, 0.6) is 5.75 Å². The SMILES string of the molecule is C[C@]1(C(=O)NC(=O)[C@@]2(C)CCC[C@]3(C)c4cc(NC(=O)C(CO)NC(=O)OCc5ccc(N)cc5)ccc4CC[C@@H]23)CCC[C@]2(C)c3cc(O)ccc3CC[C@@H]12. The van der Waals surface area contributed by atoms with Crippen LogP contribution in [0.1, 0.15) is 107 Å². The lowest BCUT2D eigenvalue weighted by atomic mass is 9.49. The summed E-state index contributed by atoms with van der Waals surface area (Å²) in [6.45, 7) is 7.83. The number of carbonyl (C=O) groups excluding carboxylic acids is 4. The van der Waals surface area contributed by atoms with Crippen molar-refractivity contribution in [1.82, 2.24) is 10.6 Å². The maximum absolute atomic E-state index is 14.6. The molecule has 0 saturated heterocycles. The minimum Gasteiger partial charge on any atom is -0.508 e. The number of fused-ring (bicyclic) bond motifs is 6. The van der Waals surface area contributed by atoms with E-state index in [-0.39, 0.29) is 41.4 Å². The number of hydrogen-bond acceptors (Lipinski definition) is 8. The lowest BCUT2D eigenvalue weighted by molar-refractivity contribution is -0.150. The van der Waals surface area contributed by atoms with Crippen LogP contribution in [0.2, 0.25) is 0 Å². The van der Waals surface area contributed by atoms with E-state index in [1.54, 1.807) is 30.3 Å². The van der Waals surface area contributed by atoms with E-state index < -0.39 is 40.9 Å². The Labute approximate surface area is 329 Å². The summed E-state index contributed by atoms with van der Waals surface area (Å²) >= 11 is 0. The molecule has 2 saturated carbocycles. The Morgan fingerprint density at radius 1 is 0.786 bits per heavy atom. The number of nitrogens with one attached hydrogen (secondary N) is 3. The first kappa shape index (κ1) is 39.3. The van der Waals surface area contributed by atoms with E-state index in [0.29, 0.717) is 24.2 Å². The molecule has 11 nitrogen and oxygen atoms in total. The van der Waals surface area contributed by atoms with Crippen molar-refractivity contribution in [2.24, 2.45) is 22.7 Å². The number of carbonyl (C=O) groups is 4. The number of nitrogens with two attached hydrogens (primary N) is 1. The van der Waals surface area contributed by atoms with E-state index >= 15 is 0 Å². The van der Waals surface area contributed by atoms with Gasteiger partial charge in [-0.1, -0.05) is 64.8 Å². The minimum absolute atomic E-state index is 0.0258. The highest BCUT2D eigenvalue weighted by Crippen LogP contribution is 2.59. The zero-order valence-corrected chi connectivity index (χ0v) is 33.0. The summed E-state index contributed by atoms with van der Waals surface area (Å²) in [5.41, 5.74) is 9.92. The molecule has 2 fully saturated rings. The molecule has 4 amide bonds. The van der Waals surface area contributed by atoms with Gasteiger partial charge in [-0.25, -0.2) is 4.79 Å². The number of ether oxygens (including phenoxy) is 1. The number of amides is 4. The van der Waals surface area contributed by atoms with Gasteiger partial charge in [0, 0.05) is 11.4 Å². The van der Waals surface area contributed by atoms with Crippen molar-refractivity contribution in [2.45, 2.75) is 115 Å². The van der Waals surface area contributed by atoms with Crippen molar-refractivity contribution in [3.8, 4) is 5.75 Å². The molecule has 11 heteroatoms. The molecule has 3 aromatic rings. The predicted octanol–water partition coefficient (Wildman–Crippen LogP) is 6.56. The van der Waals surface area contributed by atoms with Gasteiger partial charge in [0.1, 0.15) is 18.4 Å². The fourth-order valence-corrected chi connectivity index (χ4v) is 11.3. The molecule has 4 aliphatic rings. The number of aliphatic hydroxyl groups excluding tert-OH is 1. The highest BCUT2D eigenvalue weighted by atomic mass is 16.5. The van der Waals surface area contributed by atoms with Crippen molar-refractivity contribution in [1.29, 1.82) is 0 Å². The quantitative estimate of drug-likeness (QED) is 0.110. The molecule has 0 aromatic heterocycles. The van der Waals surface area contributed by atoms with Crippen LogP contribution in [0.15, 0.2) is 60.7 Å². The van der Waals surface area contributed by atoms with E-state index in [1.165, 1.54) is 5.56 Å². The Balaban J connectivity index is 1.04. The molecule has 0 aliphatic heterocycles. The largest absolute Gasteiger partial charge is 0.508 e. The number of hydrogen-bond donors (Lipinski definition) is 6. The van der Waals surface area contributed by atoms with Gasteiger partial charge >= 0.3 is 6.09 Å². The van der Waals surface area contributed by atoms with Gasteiger partial charge in [0.15, 0.2) is 0 Å². The van der Waals surface area contributed by atoms with Crippen molar-refractivity contribution >= 4 is 35.2 Å². The molecular weight excluding hydrogens is 709 g/mol. The molecule has 56 heavy (non-hydrogen) atoms. The molecular formula is C45H56N4O7. The van der Waals surface area contributed by atoms with Crippen LogP contribution in [0, 0.1) is 22.7 Å². The van der Waals surface area contributed by atoms with Crippen molar-refractivity contribution in [3.63, 3.8) is 0 Å². The monoisotopic (exact) mass is 764 g/mol. The standard InChI is InChI=1S/C45H56N4O7/c1-42-19-5-21-44(3,39(53)49-40(54)45(4)22-6-20-43(2)34-24-32(51)16-10-29(34)12-18-37(43)45)36(42)17-11-28-9-15-31(23-33(28)42)47-38(52)35(25-50)48-41(55)56-26-27-7-13-30(46)14-8-27/h7-10,13-16,23-24,35-37,50-51H,5-6,11-12,17-22,25-26,46H2,1-4H3,(H,47,52)(H,48,55)(H,49,53,54)/t35?,36-,37-,42-,43-,44+,45+/m1/s1. The normalized spacial score (nSPS) is 29.6. The Morgan fingerprint density at radius 2 is 1.34 bits per heavy atom. The van der Waals surface area contributed by atoms with Gasteiger partial charge < -0.3 is 31.3 Å². The van der Waals surface area contributed by atoms with E-state index in [9.17, 15) is 29.4 Å². The Morgan fingerprint density at radius 3 is 1.91 bits per heavy atom. The number of aromatic hydroxyl groups is 1. The van der Waals surface area contributed by atoms with Gasteiger partial charge in [0.25, 0.3) is 0 Å². The summed E-state index contributed by atoms with van der Waals surface area (Å²) in [5, 5.41) is 28.7. The van der Waals surface area contributed by atoms with Crippen LogP contribution in [0.3, 0.4) is 0 Å². The molecule has 7 N–H and O–H groups in total. The Kier molecular flexibility index (Phi) is 10.5. The van der Waals surface area contributed by atoms with Crippen LogP contribution in [-0.4, -0.2) is 46.7 Å². The molecule has 0 spiro atoms. The number of rotatable bonds is 8. The molecule has 0 radical (unpaired) electrons. The summed E-state index contributed by atoms with van der Waals surface area (Å²) in [6, 6.07) is 17.0. The average Bonchev–Trinajstić information content (AvgIpc) is 3.16. The van der Waals surface area contributed by atoms with Gasteiger partial charge in [0.05, 0.1) is 17.4 Å². The second kappa shape index (κ2) is 14.9. The van der Waals surface area contributed by atoms with Crippen LogP contribution in [-0.2, 0) is 49.4 Å². The fraction of sp³-hybridized carbons (Fsp3) is 0.511. The molecule has 0 heterocycles. The number of aryl methyl sites for hydroxylation is 2. The second-order valence-corrected chi connectivity index (χ2v) is 17.7.